The van der Waals surface area contributed by atoms with Gasteiger partial charge in [0.05, 0.1) is 0 Å². The van der Waals surface area contributed by atoms with Gasteiger partial charge in [-0.25, -0.2) is 4.39 Å². The Morgan fingerprint density at radius 2 is 2.00 bits per heavy atom. The molecule has 1 nitrogen and oxygen atoms in total. The van der Waals surface area contributed by atoms with Crippen molar-refractivity contribution >= 4 is 0 Å². The highest BCUT2D eigenvalue weighted by Gasteiger charge is 2.05. The van der Waals surface area contributed by atoms with Crippen molar-refractivity contribution in [1.29, 1.82) is 0 Å². The predicted molar refractivity (Wildman–Crippen MR) is 42.4 cm³/mol. The van der Waals surface area contributed by atoms with Gasteiger partial charge in [-0.15, -0.1) is 0 Å². The first-order chi connectivity index (χ1) is 5.16. The lowest BCUT2D eigenvalue weighted by atomic mass is 10.0. The zero-order chi connectivity index (χ0) is 8.43. The molecule has 0 aliphatic rings. The Bertz CT molecular complexity index is 269. The van der Waals surface area contributed by atoms with E-state index in [9.17, 15) is 9.50 Å². The van der Waals surface area contributed by atoms with Crippen molar-refractivity contribution in [3.63, 3.8) is 0 Å². The van der Waals surface area contributed by atoms with Crippen molar-refractivity contribution in [2.24, 2.45) is 0 Å². The number of hydrogen-bond acceptors (Lipinski definition) is 1. The highest BCUT2D eigenvalue weighted by atomic mass is 19.1. The molecule has 60 valence electrons. The molecule has 0 saturated heterocycles. The summed E-state index contributed by atoms with van der Waals surface area (Å²) >= 11 is 0. The van der Waals surface area contributed by atoms with Gasteiger partial charge in [0.2, 0.25) is 0 Å². The van der Waals surface area contributed by atoms with E-state index < -0.39 is 6.67 Å². The van der Waals surface area contributed by atoms with Crippen molar-refractivity contribution in [1.82, 2.24) is 0 Å². The smallest absolute Gasteiger partial charge is 0.121 e. The molecule has 11 heavy (non-hydrogen) atoms. The molecular weight excluding hydrogens is 143 g/mol. The normalized spacial score (nSPS) is 10.1. The van der Waals surface area contributed by atoms with Gasteiger partial charge in [-0.3, -0.25) is 0 Å². The maximum absolute atomic E-state index is 12.3. The van der Waals surface area contributed by atoms with E-state index in [4.69, 9.17) is 0 Å². The fourth-order valence-corrected chi connectivity index (χ4v) is 1.03. The molecule has 0 fully saturated rings. The van der Waals surface area contributed by atoms with Gasteiger partial charge >= 0.3 is 0 Å². The minimum atomic E-state index is -0.598. The van der Waals surface area contributed by atoms with Crippen LogP contribution in [0, 0.1) is 13.8 Å². The van der Waals surface area contributed by atoms with E-state index in [0.717, 1.165) is 11.1 Å². The summed E-state index contributed by atoms with van der Waals surface area (Å²) in [5.41, 5.74) is 2.26. The second kappa shape index (κ2) is 2.91. The number of halogens is 1. The summed E-state index contributed by atoms with van der Waals surface area (Å²) in [4.78, 5) is 0. The van der Waals surface area contributed by atoms with Gasteiger partial charge in [0.1, 0.15) is 12.4 Å². The zero-order valence-electron chi connectivity index (χ0n) is 6.69. The highest BCUT2D eigenvalue weighted by molar-refractivity contribution is 5.42. The first-order valence-corrected chi connectivity index (χ1v) is 3.51. The largest absolute Gasteiger partial charge is 0.508 e. The molecule has 0 bridgehead atoms. The number of rotatable bonds is 1. The third-order valence-electron chi connectivity index (χ3n) is 1.98. The van der Waals surface area contributed by atoms with Crippen LogP contribution in [0.15, 0.2) is 12.1 Å². The van der Waals surface area contributed by atoms with Crippen LogP contribution in [-0.2, 0) is 6.67 Å². The topological polar surface area (TPSA) is 20.2 Å². The Morgan fingerprint density at radius 1 is 1.36 bits per heavy atom. The maximum Gasteiger partial charge on any atom is 0.121 e. The van der Waals surface area contributed by atoms with Crippen LogP contribution < -0.4 is 0 Å². The number of benzene rings is 1. The fourth-order valence-electron chi connectivity index (χ4n) is 1.03. The molecule has 0 unspecified atom stereocenters. The van der Waals surface area contributed by atoms with Crippen molar-refractivity contribution in [3.05, 3.63) is 28.8 Å². The van der Waals surface area contributed by atoms with E-state index in [1.165, 1.54) is 6.07 Å². The summed E-state index contributed by atoms with van der Waals surface area (Å²) in [7, 11) is 0. The minimum Gasteiger partial charge on any atom is -0.508 e. The molecule has 0 amide bonds. The third-order valence-corrected chi connectivity index (χ3v) is 1.98. The average Bonchev–Trinajstić information content (AvgIpc) is 1.99. The number of aromatic hydroxyl groups is 1. The number of phenols is 1. The van der Waals surface area contributed by atoms with E-state index >= 15 is 0 Å². The first-order valence-electron chi connectivity index (χ1n) is 3.51. The molecule has 0 aliphatic carbocycles. The molecule has 1 aromatic rings. The summed E-state index contributed by atoms with van der Waals surface area (Å²) in [6.07, 6.45) is 0. The predicted octanol–water partition coefficient (Wildman–Crippen LogP) is 2.48. The Hall–Kier alpha value is -1.05. The van der Waals surface area contributed by atoms with Gasteiger partial charge in [0, 0.05) is 5.56 Å². The van der Waals surface area contributed by atoms with Crippen molar-refractivity contribution in [2.45, 2.75) is 20.5 Å². The van der Waals surface area contributed by atoms with Gasteiger partial charge in [0.15, 0.2) is 0 Å². The van der Waals surface area contributed by atoms with Crippen LogP contribution in [0.5, 0.6) is 5.75 Å². The standard InChI is InChI=1S/C9H11FO/c1-6-3-4-9(11)8(5-10)7(6)2/h3-4,11H,5H2,1-2H3. The Labute approximate surface area is 65.5 Å². The molecule has 0 aromatic heterocycles. The lowest BCUT2D eigenvalue weighted by molar-refractivity contribution is 0.431. The lowest BCUT2D eigenvalue weighted by Crippen LogP contribution is -1.89. The zero-order valence-corrected chi connectivity index (χ0v) is 6.69. The van der Waals surface area contributed by atoms with Crippen LogP contribution in [0.4, 0.5) is 4.39 Å². The second-order valence-corrected chi connectivity index (χ2v) is 2.64. The minimum absolute atomic E-state index is 0.0515. The monoisotopic (exact) mass is 154 g/mol. The second-order valence-electron chi connectivity index (χ2n) is 2.64. The van der Waals surface area contributed by atoms with Gasteiger partial charge in [-0.2, -0.15) is 0 Å². The summed E-state index contributed by atoms with van der Waals surface area (Å²) in [6, 6.07) is 3.31. The summed E-state index contributed by atoms with van der Waals surface area (Å²) < 4.78 is 12.3. The van der Waals surface area contributed by atoms with Gasteiger partial charge in [-0.05, 0) is 31.0 Å². The van der Waals surface area contributed by atoms with Crippen LogP contribution in [0.1, 0.15) is 16.7 Å². The van der Waals surface area contributed by atoms with Crippen molar-refractivity contribution < 1.29 is 9.50 Å². The van der Waals surface area contributed by atoms with E-state index in [-0.39, 0.29) is 5.75 Å². The summed E-state index contributed by atoms with van der Waals surface area (Å²) in [6.45, 7) is 3.11. The molecule has 0 spiro atoms. The lowest BCUT2D eigenvalue weighted by Gasteiger charge is -2.06. The van der Waals surface area contributed by atoms with Crippen molar-refractivity contribution in [2.75, 3.05) is 0 Å². The van der Waals surface area contributed by atoms with Crippen LogP contribution >= 0.6 is 0 Å². The molecule has 1 aromatic carbocycles. The maximum atomic E-state index is 12.3. The molecule has 0 heterocycles. The molecule has 0 atom stereocenters. The molecular formula is C9H11FO. The van der Waals surface area contributed by atoms with E-state index in [2.05, 4.69) is 0 Å². The van der Waals surface area contributed by atoms with E-state index in [0.29, 0.717) is 5.56 Å². The Balaban J connectivity index is 3.29. The molecule has 0 aliphatic heterocycles. The van der Waals surface area contributed by atoms with Gasteiger partial charge in [0.25, 0.3) is 0 Å². The van der Waals surface area contributed by atoms with Gasteiger partial charge < -0.3 is 5.11 Å². The van der Waals surface area contributed by atoms with E-state index in [1.807, 2.05) is 13.8 Å². The van der Waals surface area contributed by atoms with Crippen LogP contribution in [0.25, 0.3) is 0 Å². The molecule has 1 rings (SSSR count). The van der Waals surface area contributed by atoms with Crippen LogP contribution in [0.2, 0.25) is 0 Å². The van der Waals surface area contributed by atoms with Crippen LogP contribution in [0.3, 0.4) is 0 Å². The Morgan fingerprint density at radius 3 is 2.45 bits per heavy atom. The number of aryl methyl sites for hydroxylation is 1. The van der Waals surface area contributed by atoms with Gasteiger partial charge in [-0.1, -0.05) is 6.07 Å². The number of alkyl halides is 1. The fraction of sp³-hybridized carbons (Fsp3) is 0.333. The number of hydrogen-bond donors (Lipinski definition) is 1. The Kier molecular flexibility index (Phi) is 2.13. The van der Waals surface area contributed by atoms with Crippen molar-refractivity contribution in [3.8, 4) is 5.75 Å². The quantitative estimate of drug-likeness (QED) is 0.658. The number of phenolic OH excluding ortho intramolecular Hbond substituents is 1. The first kappa shape index (κ1) is 8.05. The molecule has 0 radical (unpaired) electrons. The molecule has 1 N–H and O–H groups in total. The van der Waals surface area contributed by atoms with E-state index in [1.54, 1.807) is 6.07 Å². The SMILES string of the molecule is Cc1ccc(O)c(CF)c1C. The molecule has 2 heteroatoms. The molecule has 0 saturated carbocycles. The third kappa shape index (κ3) is 1.34. The summed E-state index contributed by atoms with van der Waals surface area (Å²) in [5.74, 6) is 0.0515. The van der Waals surface area contributed by atoms with Crippen LogP contribution in [-0.4, -0.2) is 5.11 Å². The summed E-state index contributed by atoms with van der Waals surface area (Å²) in [5, 5.41) is 9.18. The highest BCUT2D eigenvalue weighted by Crippen LogP contribution is 2.23. The average molecular weight is 154 g/mol.